The molecule has 57 heavy (non-hydrogen) atoms. The maximum Gasteiger partial charge on any atom is 0.328 e. The molecule has 4 fully saturated rings. The summed E-state index contributed by atoms with van der Waals surface area (Å²) in [6.45, 7) is 6.05. The van der Waals surface area contributed by atoms with Gasteiger partial charge in [0.25, 0.3) is 0 Å². The summed E-state index contributed by atoms with van der Waals surface area (Å²) in [5.41, 5.74) is 0.845. The molecular weight excluding hydrogens is 749 g/mol. The summed E-state index contributed by atoms with van der Waals surface area (Å²) in [7, 11) is 0. The van der Waals surface area contributed by atoms with E-state index in [4.69, 9.17) is 4.74 Å². The van der Waals surface area contributed by atoms with Gasteiger partial charge in [0, 0.05) is 30.8 Å². The lowest BCUT2D eigenvalue weighted by Crippen LogP contribution is -2.62. The van der Waals surface area contributed by atoms with Crippen LogP contribution in [0.5, 0.6) is 0 Å². The smallest absolute Gasteiger partial charge is 0.328 e. The topological polar surface area (TPSA) is 175 Å². The highest BCUT2D eigenvalue weighted by atomic mass is 32.1. The molecule has 2 aromatic rings. The van der Waals surface area contributed by atoms with E-state index in [-0.39, 0.29) is 37.8 Å². The first-order valence-electron chi connectivity index (χ1n) is 20.6. The van der Waals surface area contributed by atoms with E-state index in [1.807, 2.05) is 36.6 Å². The Balaban J connectivity index is 1.32. The van der Waals surface area contributed by atoms with Crippen molar-refractivity contribution >= 4 is 62.8 Å². The number of fused-ring (bicyclic) bond motifs is 4. The first kappa shape index (κ1) is 41.8. The molecule has 3 N–H and O–H groups in total. The van der Waals surface area contributed by atoms with Gasteiger partial charge in [-0.15, -0.1) is 11.3 Å². The third-order valence-electron chi connectivity index (χ3n) is 11.6. The molecule has 4 aliphatic heterocycles. The van der Waals surface area contributed by atoms with E-state index in [2.05, 4.69) is 22.9 Å². The summed E-state index contributed by atoms with van der Waals surface area (Å²) in [6.07, 6.45) is 9.19. The Labute approximate surface area is 338 Å². The Kier molecular flexibility index (Phi) is 14.0. The minimum Gasteiger partial charge on any atom is -0.461 e. The van der Waals surface area contributed by atoms with Gasteiger partial charge in [0.1, 0.15) is 42.9 Å². The molecule has 7 atom stereocenters. The number of carbonyl (C=O) groups is 7. The third-order valence-corrected chi connectivity index (χ3v) is 12.6. The van der Waals surface area contributed by atoms with Gasteiger partial charge in [0.05, 0.1) is 0 Å². The average molecular weight is 805 g/mol. The van der Waals surface area contributed by atoms with Crippen LogP contribution in [0.1, 0.15) is 90.5 Å². The standard InChI is InChI=1S/C42H56N6O8S/c1-4-6-7-8-18-36(49)43-30(22-27-25-57-35-17-10-9-14-28(27)35)37(50)45-31-24-56-42(55)34-21-26(3)23-48(34)39(52)29(5-2)44-38(51)32-15-11-12-19-46(32)41(54)33-16-13-20-47(33)40(31)53/h8-10,14,17-18,25-26,29-34H,4-7,11-13,15-16,19-24H2,1-3H3,(H,43,49)(H,44,51)(H,45,50)/b18-8+/t26-,29+,30+,31+,32+,33+,34+/m1/s1. The van der Waals surface area contributed by atoms with Crippen molar-refractivity contribution in [3.05, 3.63) is 47.4 Å². The quantitative estimate of drug-likeness (QED) is 0.187. The predicted molar refractivity (Wildman–Crippen MR) is 215 cm³/mol. The molecule has 1 aromatic carbocycles. The number of nitrogens with zero attached hydrogens (tertiary/aromatic N) is 3. The fourth-order valence-corrected chi connectivity index (χ4v) is 9.50. The van der Waals surface area contributed by atoms with E-state index < -0.39 is 78.4 Å². The van der Waals surface area contributed by atoms with Crippen LogP contribution in [0.4, 0.5) is 0 Å². The fraction of sp³-hybridized carbons (Fsp3) is 0.595. The van der Waals surface area contributed by atoms with Gasteiger partial charge in [-0.2, -0.15) is 0 Å². The molecule has 1 aromatic heterocycles. The zero-order valence-corrected chi connectivity index (χ0v) is 34.0. The number of carbonyl (C=O) groups excluding carboxylic acids is 7. The SMILES string of the molecule is CCCC/C=C/C(=O)N[C@@H](Cc1csc2ccccc12)C(=O)N[C@H]1COC(=O)[C@@H]2C[C@@H](C)CN2C(=O)[C@H](CC)NC(=O)[C@@H]2CCCCN2C(=O)[C@@H]2CCCN2C1=O. The van der Waals surface area contributed by atoms with Gasteiger partial charge < -0.3 is 35.4 Å². The summed E-state index contributed by atoms with van der Waals surface area (Å²) >= 11 is 1.52. The number of benzene rings is 1. The van der Waals surface area contributed by atoms with E-state index in [1.54, 1.807) is 13.0 Å². The van der Waals surface area contributed by atoms with E-state index in [9.17, 15) is 33.6 Å². The molecule has 0 bridgehead atoms. The summed E-state index contributed by atoms with van der Waals surface area (Å²) in [6, 6.07) is 1.68. The number of allylic oxidation sites excluding steroid dienone is 1. The summed E-state index contributed by atoms with van der Waals surface area (Å²) < 4.78 is 6.84. The summed E-state index contributed by atoms with van der Waals surface area (Å²) in [5.74, 6) is -3.71. The maximum atomic E-state index is 14.6. The van der Waals surface area contributed by atoms with Crippen molar-refractivity contribution in [1.82, 2.24) is 30.7 Å². The van der Waals surface area contributed by atoms with Crippen LogP contribution in [0.15, 0.2) is 41.8 Å². The molecule has 0 saturated carbocycles. The van der Waals surface area contributed by atoms with Crippen molar-refractivity contribution in [2.24, 2.45) is 5.92 Å². The van der Waals surface area contributed by atoms with Gasteiger partial charge in [0.15, 0.2) is 0 Å². The fourth-order valence-electron chi connectivity index (χ4n) is 8.53. The Morgan fingerprint density at radius 2 is 1.70 bits per heavy atom. The molecule has 0 aliphatic carbocycles. The van der Waals surface area contributed by atoms with E-state index in [1.165, 1.54) is 32.1 Å². The number of hydrogen-bond acceptors (Lipinski definition) is 9. The van der Waals surface area contributed by atoms with Gasteiger partial charge in [-0.25, -0.2) is 4.79 Å². The molecule has 5 heterocycles. The molecule has 0 spiro atoms. The number of ether oxygens (including phenoxy) is 1. The maximum absolute atomic E-state index is 14.6. The lowest BCUT2D eigenvalue weighted by molar-refractivity contribution is -0.158. The van der Waals surface area contributed by atoms with Gasteiger partial charge in [-0.05, 0) is 85.8 Å². The van der Waals surface area contributed by atoms with Gasteiger partial charge in [-0.1, -0.05) is 57.9 Å². The highest BCUT2D eigenvalue weighted by molar-refractivity contribution is 7.17. The van der Waals surface area contributed by atoms with E-state index in [0.29, 0.717) is 45.1 Å². The van der Waals surface area contributed by atoms with Crippen molar-refractivity contribution in [2.75, 3.05) is 26.2 Å². The molecule has 14 nitrogen and oxygen atoms in total. The van der Waals surface area contributed by atoms with Crippen LogP contribution in [-0.2, 0) is 44.7 Å². The zero-order chi connectivity index (χ0) is 40.6. The van der Waals surface area contributed by atoms with Crippen LogP contribution in [0.3, 0.4) is 0 Å². The highest BCUT2D eigenvalue weighted by Crippen LogP contribution is 2.29. The molecule has 4 saturated heterocycles. The number of unbranched alkanes of at least 4 members (excludes halogenated alkanes) is 2. The second-order valence-corrected chi connectivity index (χ2v) is 16.7. The molecule has 0 radical (unpaired) electrons. The lowest BCUT2D eigenvalue weighted by Gasteiger charge is -2.39. The van der Waals surface area contributed by atoms with Gasteiger partial charge in [0.2, 0.25) is 35.4 Å². The van der Waals surface area contributed by atoms with Crippen LogP contribution in [0.25, 0.3) is 10.1 Å². The number of hydrogen-bond donors (Lipinski definition) is 3. The van der Waals surface area contributed by atoms with Crippen LogP contribution < -0.4 is 16.0 Å². The van der Waals surface area contributed by atoms with Crippen LogP contribution in [0, 0.1) is 5.92 Å². The molecule has 0 unspecified atom stereocenters. The Bertz CT molecular complexity index is 1860. The van der Waals surface area contributed by atoms with Crippen LogP contribution in [0.2, 0.25) is 0 Å². The predicted octanol–water partition coefficient (Wildman–Crippen LogP) is 3.22. The Morgan fingerprint density at radius 3 is 2.49 bits per heavy atom. The van der Waals surface area contributed by atoms with Gasteiger partial charge in [-0.3, -0.25) is 28.8 Å². The van der Waals surface area contributed by atoms with E-state index >= 15 is 0 Å². The zero-order valence-electron chi connectivity index (χ0n) is 33.2. The Morgan fingerprint density at radius 1 is 0.947 bits per heavy atom. The lowest BCUT2D eigenvalue weighted by atomic mass is 9.98. The van der Waals surface area contributed by atoms with E-state index in [0.717, 1.165) is 34.9 Å². The second-order valence-electron chi connectivity index (χ2n) is 15.8. The second kappa shape index (κ2) is 19.1. The minimum absolute atomic E-state index is 0.0377. The highest BCUT2D eigenvalue weighted by Gasteiger charge is 2.46. The number of thiophene rings is 1. The molecule has 308 valence electrons. The summed E-state index contributed by atoms with van der Waals surface area (Å²) in [4.78, 5) is 103. The number of rotatable bonds is 10. The molecule has 6 amide bonds. The van der Waals surface area contributed by atoms with Crippen molar-refractivity contribution in [2.45, 2.75) is 128 Å². The van der Waals surface area contributed by atoms with Crippen LogP contribution >= 0.6 is 11.3 Å². The van der Waals surface area contributed by atoms with Crippen molar-refractivity contribution in [3.63, 3.8) is 0 Å². The first-order valence-corrected chi connectivity index (χ1v) is 21.5. The number of piperidine rings is 1. The third kappa shape index (κ3) is 9.68. The van der Waals surface area contributed by atoms with Crippen molar-refractivity contribution in [1.29, 1.82) is 0 Å². The molecular formula is C42H56N6O8S. The monoisotopic (exact) mass is 804 g/mol. The van der Waals surface area contributed by atoms with Gasteiger partial charge >= 0.3 is 5.97 Å². The van der Waals surface area contributed by atoms with Crippen LogP contribution in [-0.4, -0.2) is 119 Å². The number of esters is 1. The van der Waals surface area contributed by atoms with Crippen molar-refractivity contribution in [3.8, 4) is 0 Å². The normalized spacial score (nSPS) is 26.9. The number of cyclic esters (lactones) is 1. The average Bonchev–Trinajstić information content (AvgIpc) is 3.97. The Hall–Kier alpha value is -4.79. The molecule has 15 heteroatoms. The summed E-state index contributed by atoms with van der Waals surface area (Å²) in [5, 5.41) is 11.4. The molecule has 4 aliphatic rings. The largest absolute Gasteiger partial charge is 0.461 e. The minimum atomic E-state index is -1.41. The first-order chi connectivity index (χ1) is 27.5. The van der Waals surface area contributed by atoms with Crippen molar-refractivity contribution < 1.29 is 38.3 Å². The number of nitrogens with one attached hydrogen (secondary N) is 3. The molecule has 6 rings (SSSR count). The number of amides is 6.